The summed E-state index contributed by atoms with van der Waals surface area (Å²) >= 11 is 1.81. The lowest BCUT2D eigenvalue weighted by Crippen LogP contribution is -2.04. The quantitative estimate of drug-likeness (QED) is 0.588. The van der Waals surface area contributed by atoms with E-state index in [9.17, 15) is 0 Å². The molecule has 2 aromatic rings. The molecule has 0 unspecified atom stereocenters. The lowest BCUT2D eigenvalue weighted by Gasteiger charge is -2.08. The number of nitrogens with zero attached hydrogens (tertiary/aromatic N) is 3. The van der Waals surface area contributed by atoms with Crippen LogP contribution in [-0.4, -0.2) is 26.7 Å². The van der Waals surface area contributed by atoms with Crippen LogP contribution in [0.4, 0.5) is 5.82 Å². The summed E-state index contributed by atoms with van der Waals surface area (Å²) in [7, 11) is 0. The molecule has 0 bridgehead atoms. The first kappa shape index (κ1) is 14.2. The van der Waals surface area contributed by atoms with Crippen molar-refractivity contribution in [2.24, 2.45) is 0 Å². The Bertz CT molecular complexity index is 509. The average molecular weight is 278 g/mol. The lowest BCUT2D eigenvalue weighted by atomic mass is 10.3. The summed E-state index contributed by atoms with van der Waals surface area (Å²) in [6, 6.07) is 0. The zero-order chi connectivity index (χ0) is 13.5. The number of thioether (sulfide) groups is 1. The fourth-order valence-electron chi connectivity index (χ4n) is 1.86. The minimum atomic E-state index is 0.936. The Hall–Kier alpha value is -1.23. The molecule has 0 aromatic carbocycles. The van der Waals surface area contributed by atoms with Crippen molar-refractivity contribution in [3.05, 3.63) is 18.6 Å². The van der Waals surface area contributed by atoms with Crippen molar-refractivity contribution in [3.63, 3.8) is 0 Å². The Morgan fingerprint density at radius 3 is 2.95 bits per heavy atom. The second-order valence-electron chi connectivity index (χ2n) is 4.57. The standard InChI is InChI=1S/C14H22N4S/c1-3-5-6-10-19-14-13-16-8-9-18(13)11-12(17-14)15-7-4-2/h8-9,11,15H,3-7,10H2,1-2H3. The molecule has 0 spiro atoms. The minimum Gasteiger partial charge on any atom is -0.369 e. The van der Waals surface area contributed by atoms with Gasteiger partial charge in [-0.05, 0) is 18.6 Å². The molecule has 0 amide bonds. The van der Waals surface area contributed by atoms with Gasteiger partial charge in [0.05, 0.1) is 6.20 Å². The van der Waals surface area contributed by atoms with Crippen LogP contribution in [0.5, 0.6) is 0 Å². The second kappa shape index (κ2) is 7.38. The van der Waals surface area contributed by atoms with E-state index in [4.69, 9.17) is 0 Å². The molecule has 19 heavy (non-hydrogen) atoms. The van der Waals surface area contributed by atoms with Gasteiger partial charge < -0.3 is 9.72 Å². The van der Waals surface area contributed by atoms with E-state index in [1.165, 1.54) is 19.3 Å². The molecule has 2 aromatic heterocycles. The van der Waals surface area contributed by atoms with E-state index < -0.39 is 0 Å². The number of hydrogen-bond donors (Lipinski definition) is 1. The third kappa shape index (κ3) is 3.86. The van der Waals surface area contributed by atoms with E-state index in [-0.39, 0.29) is 0 Å². The number of fused-ring (bicyclic) bond motifs is 1. The molecule has 0 atom stereocenters. The highest BCUT2D eigenvalue weighted by molar-refractivity contribution is 7.99. The number of nitrogens with one attached hydrogen (secondary N) is 1. The summed E-state index contributed by atoms with van der Waals surface area (Å²) < 4.78 is 2.05. The van der Waals surface area contributed by atoms with Crippen molar-refractivity contribution in [2.45, 2.75) is 44.6 Å². The van der Waals surface area contributed by atoms with Gasteiger partial charge in [0.1, 0.15) is 10.8 Å². The van der Waals surface area contributed by atoms with Crippen LogP contribution in [0.3, 0.4) is 0 Å². The summed E-state index contributed by atoms with van der Waals surface area (Å²) in [5.74, 6) is 2.05. The molecule has 0 saturated carbocycles. The number of aromatic nitrogens is 3. The smallest absolute Gasteiger partial charge is 0.169 e. The van der Waals surface area contributed by atoms with Crippen LogP contribution in [0.25, 0.3) is 5.65 Å². The molecule has 0 aliphatic heterocycles. The Labute approximate surface area is 119 Å². The van der Waals surface area contributed by atoms with Gasteiger partial charge in [0.25, 0.3) is 0 Å². The van der Waals surface area contributed by atoms with Gasteiger partial charge in [0.15, 0.2) is 5.65 Å². The Morgan fingerprint density at radius 2 is 2.16 bits per heavy atom. The van der Waals surface area contributed by atoms with Crippen molar-refractivity contribution in [3.8, 4) is 0 Å². The van der Waals surface area contributed by atoms with E-state index in [0.717, 1.165) is 35.2 Å². The van der Waals surface area contributed by atoms with Crippen LogP contribution < -0.4 is 5.32 Å². The summed E-state index contributed by atoms with van der Waals surface area (Å²) in [5, 5.41) is 4.38. The van der Waals surface area contributed by atoms with Gasteiger partial charge in [-0.3, -0.25) is 0 Å². The highest BCUT2D eigenvalue weighted by atomic mass is 32.2. The molecule has 0 aliphatic carbocycles. The second-order valence-corrected chi connectivity index (χ2v) is 5.66. The molecule has 5 heteroatoms. The third-order valence-corrected chi connectivity index (χ3v) is 3.93. The van der Waals surface area contributed by atoms with Crippen LogP contribution >= 0.6 is 11.8 Å². The van der Waals surface area contributed by atoms with Gasteiger partial charge >= 0.3 is 0 Å². The lowest BCUT2D eigenvalue weighted by molar-refractivity contribution is 0.778. The molecule has 2 heterocycles. The van der Waals surface area contributed by atoms with Crippen LogP contribution in [0.1, 0.15) is 39.5 Å². The van der Waals surface area contributed by atoms with E-state index >= 15 is 0 Å². The molecular formula is C14H22N4S. The Balaban J connectivity index is 2.12. The number of imidazole rings is 1. The third-order valence-electron chi connectivity index (χ3n) is 2.89. The first-order chi connectivity index (χ1) is 9.35. The first-order valence-corrected chi connectivity index (χ1v) is 8.04. The monoisotopic (exact) mass is 278 g/mol. The molecule has 104 valence electrons. The molecule has 0 radical (unpaired) electrons. The Morgan fingerprint density at radius 1 is 1.26 bits per heavy atom. The number of unbranched alkanes of at least 4 members (excludes halogenated alkanes) is 2. The molecular weight excluding hydrogens is 256 g/mol. The Kier molecular flexibility index (Phi) is 5.51. The van der Waals surface area contributed by atoms with Crippen LogP contribution in [0.2, 0.25) is 0 Å². The van der Waals surface area contributed by atoms with Crippen LogP contribution in [-0.2, 0) is 0 Å². The molecule has 2 rings (SSSR count). The van der Waals surface area contributed by atoms with Crippen molar-refractivity contribution < 1.29 is 0 Å². The topological polar surface area (TPSA) is 42.2 Å². The summed E-state index contributed by atoms with van der Waals surface area (Å²) in [4.78, 5) is 9.07. The van der Waals surface area contributed by atoms with E-state index in [0.29, 0.717) is 0 Å². The fraction of sp³-hybridized carbons (Fsp3) is 0.571. The maximum Gasteiger partial charge on any atom is 0.169 e. The van der Waals surface area contributed by atoms with E-state index in [2.05, 4.69) is 29.1 Å². The van der Waals surface area contributed by atoms with Crippen LogP contribution in [0.15, 0.2) is 23.6 Å². The van der Waals surface area contributed by atoms with Gasteiger partial charge in [-0.1, -0.05) is 26.7 Å². The first-order valence-electron chi connectivity index (χ1n) is 7.05. The molecule has 4 nitrogen and oxygen atoms in total. The predicted molar refractivity (Wildman–Crippen MR) is 82.0 cm³/mol. The summed E-state index contributed by atoms with van der Waals surface area (Å²) in [6.07, 6.45) is 10.7. The van der Waals surface area contributed by atoms with Crippen molar-refractivity contribution in [1.29, 1.82) is 0 Å². The average Bonchev–Trinajstić information content (AvgIpc) is 2.89. The van der Waals surface area contributed by atoms with Gasteiger partial charge in [0.2, 0.25) is 0 Å². The van der Waals surface area contributed by atoms with Crippen molar-refractivity contribution in [1.82, 2.24) is 14.4 Å². The SMILES string of the molecule is CCCCCSc1nc(NCCC)cn2ccnc12. The number of anilines is 1. The maximum absolute atomic E-state index is 4.68. The predicted octanol–water partition coefficient (Wildman–Crippen LogP) is 3.83. The zero-order valence-corrected chi connectivity index (χ0v) is 12.5. The normalized spacial score (nSPS) is 11.1. The molecule has 0 fully saturated rings. The van der Waals surface area contributed by atoms with Crippen molar-refractivity contribution in [2.75, 3.05) is 17.6 Å². The molecule has 0 aliphatic rings. The van der Waals surface area contributed by atoms with Gasteiger partial charge in [-0.25, -0.2) is 9.97 Å². The highest BCUT2D eigenvalue weighted by Gasteiger charge is 2.07. The van der Waals surface area contributed by atoms with Gasteiger partial charge in [-0.2, -0.15) is 0 Å². The maximum atomic E-state index is 4.68. The fourth-order valence-corrected chi connectivity index (χ4v) is 2.85. The highest BCUT2D eigenvalue weighted by Crippen LogP contribution is 2.23. The molecule has 0 saturated heterocycles. The largest absolute Gasteiger partial charge is 0.369 e. The zero-order valence-electron chi connectivity index (χ0n) is 11.7. The summed E-state index contributed by atoms with van der Waals surface area (Å²) in [5.41, 5.74) is 0.962. The van der Waals surface area contributed by atoms with Crippen LogP contribution in [0, 0.1) is 0 Å². The minimum absolute atomic E-state index is 0.936. The number of hydrogen-bond acceptors (Lipinski definition) is 4. The van der Waals surface area contributed by atoms with E-state index in [1.807, 2.05) is 34.8 Å². The molecule has 1 N–H and O–H groups in total. The summed E-state index contributed by atoms with van der Waals surface area (Å²) in [6.45, 7) is 5.33. The van der Waals surface area contributed by atoms with Gasteiger partial charge in [-0.15, -0.1) is 11.8 Å². The number of rotatable bonds is 8. The van der Waals surface area contributed by atoms with Gasteiger partial charge in [0, 0.05) is 18.9 Å². The van der Waals surface area contributed by atoms with E-state index in [1.54, 1.807) is 0 Å². The van der Waals surface area contributed by atoms with Crippen molar-refractivity contribution >= 4 is 23.2 Å².